The summed E-state index contributed by atoms with van der Waals surface area (Å²) in [6, 6.07) is 4.19. The summed E-state index contributed by atoms with van der Waals surface area (Å²) in [4.78, 5) is 23.1. The van der Waals surface area contributed by atoms with Gasteiger partial charge in [0.15, 0.2) is 5.75 Å². The Bertz CT molecular complexity index is 444. The van der Waals surface area contributed by atoms with Gasteiger partial charge in [-0.1, -0.05) is 13.8 Å². The number of hydrogen-bond donors (Lipinski definition) is 0. The summed E-state index contributed by atoms with van der Waals surface area (Å²) in [5, 5.41) is 10.9. The largest absolute Gasteiger partial charge is 0.485 e. The monoisotopic (exact) mass is 266 g/mol. The Morgan fingerprint density at radius 1 is 1.37 bits per heavy atom. The average molecular weight is 266 g/mol. The first-order chi connectivity index (χ1) is 9.12. The van der Waals surface area contributed by atoms with E-state index < -0.39 is 4.92 Å². The maximum atomic E-state index is 10.9. The van der Waals surface area contributed by atoms with Crippen LogP contribution in [-0.4, -0.2) is 42.4 Å². The lowest BCUT2D eigenvalue weighted by atomic mass is 10.2. The van der Waals surface area contributed by atoms with Crippen LogP contribution in [0, 0.1) is 10.1 Å². The number of nitro groups is 1. The summed E-state index contributed by atoms with van der Waals surface area (Å²) in [7, 11) is 0. The Kier molecular flexibility index (Phi) is 5.95. The van der Waals surface area contributed by atoms with Crippen LogP contribution in [0.2, 0.25) is 0 Å². The normalized spacial score (nSPS) is 10.5. The number of aldehydes is 1. The molecule has 0 heterocycles. The van der Waals surface area contributed by atoms with Gasteiger partial charge in [-0.15, -0.1) is 0 Å². The summed E-state index contributed by atoms with van der Waals surface area (Å²) < 4.78 is 5.43. The Morgan fingerprint density at radius 2 is 2.05 bits per heavy atom. The smallest absolute Gasteiger partial charge is 0.311 e. The minimum absolute atomic E-state index is 0.177. The summed E-state index contributed by atoms with van der Waals surface area (Å²) in [5.74, 6) is 0.197. The third-order valence-corrected chi connectivity index (χ3v) is 2.88. The minimum atomic E-state index is -0.542. The summed E-state index contributed by atoms with van der Waals surface area (Å²) in [6.45, 7) is 7.00. The van der Waals surface area contributed by atoms with Gasteiger partial charge in [0, 0.05) is 18.2 Å². The Balaban J connectivity index is 2.72. The van der Waals surface area contributed by atoms with Gasteiger partial charge in [-0.25, -0.2) is 0 Å². The van der Waals surface area contributed by atoms with Gasteiger partial charge in [-0.3, -0.25) is 14.9 Å². The highest BCUT2D eigenvalue weighted by Crippen LogP contribution is 2.27. The first-order valence-corrected chi connectivity index (χ1v) is 6.21. The van der Waals surface area contributed by atoms with Gasteiger partial charge in [0.25, 0.3) is 0 Å². The molecule has 6 nitrogen and oxygen atoms in total. The van der Waals surface area contributed by atoms with Crippen LogP contribution in [0.5, 0.6) is 5.75 Å². The molecule has 0 aliphatic carbocycles. The van der Waals surface area contributed by atoms with Gasteiger partial charge in [-0.05, 0) is 25.2 Å². The predicted molar refractivity (Wildman–Crippen MR) is 71.8 cm³/mol. The molecule has 6 heteroatoms. The maximum absolute atomic E-state index is 10.9. The molecule has 0 N–H and O–H groups in total. The molecule has 0 radical (unpaired) electrons. The van der Waals surface area contributed by atoms with E-state index >= 15 is 0 Å². The van der Waals surface area contributed by atoms with Crippen LogP contribution >= 0.6 is 0 Å². The topological polar surface area (TPSA) is 72.7 Å². The lowest BCUT2D eigenvalue weighted by Gasteiger charge is -2.17. The molecule has 19 heavy (non-hydrogen) atoms. The zero-order chi connectivity index (χ0) is 14.3. The molecule has 0 atom stereocenters. The second-order valence-electron chi connectivity index (χ2n) is 3.98. The second-order valence-corrected chi connectivity index (χ2v) is 3.98. The highest BCUT2D eigenvalue weighted by molar-refractivity contribution is 5.77. The Hall–Kier alpha value is -1.95. The number of likely N-dealkylation sites (N-methyl/N-ethyl adjacent to an activating group) is 1. The second kappa shape index (κ2) is 7.48. The van der Waals surface area contributed by atoms with Crippen molar-refractivity contribution in [2.75, 3.05) is 26.2 Å². The number of hydrogen-bond acceptors (Lipinski definition) is 5. The Morgan fingerprint density at radius 3 is 2.58 bits per heavy atom. The van der Waals surface area contributed by atoms with Crippen LogP contribution in [0.1, 0.15) is 24.2 Å². The molecular weight excluding hydrogens is 248 g/mol. The molecule has 0 aliphatic rings. The van der Waals surface area contributed by atoms with Crippen LogP contribution in [0.4, 0.5) is 5.69 Å². The van der Waals surface area contributed by atoms with Crippen molar-refractivity contribution in [1.82, 2.24) is 4.90 Å². The SMILES string of the molecule is CCN(CC)CCOc1ccc(C=O)cc1[N+](=O)[O-]. The highest BCUT2D eigenvalue weighted by atomic mass is 16.6. The number of ether oxygens (including phenoxy) is 1. The van der Waals surface area contributed by atoms with Crippen molar-refractivity contribution in [2.45, 2.75) is 13.8 Å². The number of benzene rings is 1. The fourth-order valence-corrected chi connectivity index (χ4v) is 1.70. The number of carbonyl (C=O) groups is 1. The van der Waals surface area contributed by atoms with Crippen molar-refractivity contribution in [2.24, 2.45) is 0 Å². The average Bonchev–Trinajstić information content (AvgIpc) is 2.43. The summed E-state index contributed by atoms with van der Waals surface area (Å²) >= 11 is 0. The fraction of sp³-hybridized carbons (Fsp3) is 0.462. The van der Waals surface area contributed by atoms with E-state index in [4.69, 9.17) is 4.74 Å². The molecule has 0 unspecified atom stereocenters. The molecule has 0 aromatic heterocycles. The van der Waals surface area contributed by atoms with Gasteiger partial charge in [0.1, 0.15) is 12.9 Å². The van der Waals surface area contributed by atoms with Crippen LogP contribution in [0.25, 0.3) is 0 Å². The number of nitrogens with zero attached hydrogens (tertiary/aromatic N) is 2. The molecule has 0 aliphatic heterocycles. The van der Waals surface area contributed by atoms with E-state index in [2.05, 4.69) is 4.90 Å². The minimum Gasteiger partial charge on any atom is -0.485 e. The standard InChI is InChI=1S/C13H18N2O4/c1-3-14(4-2)7-8-19-13-6-5-11(10-16)9-12(13)15(17)18/h5-6,9-10H,3-4,7-8H2,1-2H3. The molecule has 0 spiro atoms. The summed E-state index contributed by atoms with van der Waals surface area (Å²) in [6.07, 6.45) is 0.576. The van der Waals surface area contributed by atoms with Crippen molar-refractivity contribution >= 4 is 12.0 Å². The first-order valence-electron chi connectivity index (χ1n) is 6.21. The van der Waals surface area contributed by atoms with Crippen molar-refractivity contribution in [3.63, 3.8) is 0 Å². The highest BCUT2D eigenvalue weighted by Gasteiger charge is 2.16. The molecule has 0 amide bonds. The molecule has 1 rings (SSSR count). The van der Waals surface area contributed by atoms with Crippen LogP contribution in [0.15, 0.2) is 18.2 Å². The molecule has 0 saturated heterocycles. The molecule has 0 fully saturated rings. The Labute approximate surface area is 112 Å². The predicted octanol–water partition coefficient (Wildman–Crippen LogP) is 2.13. The van der Waals surface area contributed by atoms with E-state index in [0.29, 0.717) is 19.4 Å². The van der Waals surface area contributed by atoms with E-state index in [-0.39, 0.29) is 17.0 Å². The first kappa shape index (κ1) is 15.1. The summed E-state index contributed by atoms with van der Waals surface area (Å²) in [5.41, 5.74) is 0.0898. The lowest BCUT2D eigenvalue weighted by Crippen LogP contribution is -2.28. The van der Waals surface area contributed by atoms with Crippen molar-refractivity contribution in [3.05, 3.63) is 33.9 Å². The zero-order valence-corrected chi connectivity index (χ0v) is 11.2. The van der Waals surface area contributed by atoms with Crippen LogP contribution < -0.4 is 4.74 Å². The number of rotatable bonds is 8. The van der Waals surface area contributed by atoms with Crippen LogP contribution in [-0.2, 0) is 0 Å². The van der Waals surface area contributed by atoms with Gasteiger partial charge < -0.3 is 9.64 Å². The van der Waals surface area contributed by atoms with Gasteiger partial charge in [0.05, 0.1) is 4.92 Å². The van der Waals surface area contributed by atoms with Gasteiger partial charge in [-0.2, -0.15) is 0 Å². The van der Waals surface area contributed by atoms with E-state index in [1.807, 2.05) is 13.8 Å². The number of carbonyl (C=O) groups excluding carboxylic acids is 1. The molecule has 0 saturated carbocycles. The van der Waals surface area contributed by atoms with E-state index in [0.717, 1.165) is 13.1 Å². The van der Waals surface area contributed by atoms with Gasteiger partial charge >= 0.3 is 5.69 Å². The molecule has 1 aromatic rings. The third kappa shape index (κ3) is 4.33. The van der Waals surface area contributed by atoms with Crippen LogP contribution in [0.3, 0.4) is 0 Å². The van der Waals surface area contributed by atoms with Crippen molar-refractivity contribution in [1.29, 1.82) is 0 Å². The van der Waals surface area contributed by atoms with E-state index in [1.54, 1.807) is 0 Å². The maximum Gasteiger partial charge on any atom is 0.311 e. The molecule has 0 bridgehead atoms. The van der Waals surface area contributed by atoms with Gasteiger partial charge in [0.2, 0.25) is 0 Å². The van der Waals surface area contributed by atoms with E-state index in [1.165, 1.54) is 18.2 Å². The quantitative estimate of drug-likeness (QED) is 0.409. The zero-order valence-electron chi connectivity index (χ0n) is 11.2. The molecule has 104 valence electrons. The van der Waals surface area contributed by atoms with Crippen molar-refractivity contribution < 1.29 is 14.5 Å². The lowest BCUT2D eigenvalue weighted by molar-refractivity contribution is -0.385. The van der Waals surface area contributed by atoms with Crippen molar-refractivity contribution in [3.8, 4) is 5.75 Å². The molecular formula is C13H18N2O4. The molecule has 1 aromatic carbocycles. The van der Waals surface area contributed by atoms with E-state index in [9.17, 15) is 14.9 Å². The third-order valence-electron chi connectivity index (χ3n) is 2.88. The fourth-order valence-electron chi connectivity index (χ4n) is 1.70. The number of nitro benzene ring substituents is 1.